The normalized spacial score (nSPS) is 17.4. The molecule has 1 amide bonds. The van der Waals surface area contributed by atoms with Crippen molar-refractivity contribution < 1.29 is 4.79 Å². The molecule has 1 atom stereocenters. The van der Waals surface area contributed by atoms with E-state index in [4.69, 9.17) is 0 Å². The molecule has 1 saturated heterocycles. The minimum atomic E-state index is -0.0569. The molecule has 5 heteroatoms. The molecule has 1 aromatic heterocycles. The Morgan fingerprint density at radius 1 is 1.28 bits per heavy atom. The summed E-state index contributed by atoms with van der Waals surface area (Å²) in [5.41, 5.74) is 1.12. The molecule has 1 aliphatic heterocycles. The summed E-state index contributed by atoms with van der Waals surface area (Å²) in [5.74, 6) is 1.85. The molecular formula is C20H28N4O. The van der Waals surface area contributed by atoms with Gasteiger partial charge in [-0.1, -0.05) is 37.3 Å². The zero-order valence-corrected chi connectivity index (χ0v) is 15.2. The molecule has 0 spiro atoms. The molecule has 0 unspecified atom stereocenters. The Bertz CT molecular complexity index is 674. The van der Waals surface area contributed by atoms with Crippen LogP contribution in [0.2, 0.25) is 0 Å². The summed E-state index contributed by atoms with van der Waals surface area (Å²) < 4.78 is 2.01. The van der Waals surface area contributed by atoms with Crippen molar-refractivity contribution in [3.8, 4) is 0 Å². The van der Waals surface area contributed by atoms with E-state index in [1.54, 1.807) is 6.20 Å². The van der Waals surface area contributed by atoms with Gasteiger partial charge in [-0.3, -0.25) is 9.69 Å². The molecule has 2 heterocycles. The van der Waals surface area contributed by atoms with E-state index in [1.807, 2.05) is 36.0 Å². The summed E-state index contributed by atoms with van der Waals surface area (Å²) in [7, 11) is 1.99. The summed E-state index contributed by atoms with van der Waals surface area (Å²) in [6.45, 7) is 4.81. The van der Waals surface area contributed by atoms with E-state index >= 15 is 0 Å². The highest BCUT2D eigenvalue weighted by atomic mass is 16.2. The highest BCUT2D eigenvalue weighted by molar-refractivity contribution is 5.78. The molecule has 25 heavy (non-hydrogen) atoms. The Morgan fingerprint density at radius 2 is 2.00 bits per heavy atom. The van der Waals surface area contributed by atoms with E-state index < -0.39 is 0 Å². The first-order chi connectivity index (χ1) is 12.1. The fourth-order valence-corrected chi connectivity index (χ4v) is 3.38. The van der Waals surface area contributed by atoms with Gasteiger partial charge in [0.2, 0.25) is 5.91 Å². The van der Waals surface area contributed by atoms with E-state index in [1.165, 1.54) is 12.8 Å². The van der Waals surface area contributed by atoms with Crippen LogP contribution < -0.4 is 5.32 Å². The van der Waals surface area contributed by atoms with Crippen molar-refractivity contribution in [1.82, 2.24) is 19.8 Å². The summed E-state index contributed by atoms with van der Waals surface area (Å²) in [5, 5.41) is 3.22. The van der Waals surface area contributed by atoms with Crippen molar-refractivity contribution in [3.63, 3.8) is 0 Å². The van der Waals surface area contributed by atoms with E-state index in [0.717, 1.165) is 30.4 Å². The minimum absolute atomic E-state index is 0.0569. The van der Waals surface area contributed by atoms with Crippen LogP contribution in [-0.2, 0) is 18.3 Å². The van der Waals surface area contributed by atoms with E-state index in [9.17, 15) is 4.79 Å². The standard InChI is InChI=1S/C20H28N4O/c1-16-8-11-24(12-9-16)15-20(25)22-18(17-6-4-3-5-7-17)14-19-21-10-13-23(19)2/h3-7,10,13,16,18H,8-9,11-12,14-15H2,1-2H3,(H,22,25)/t18-/m0/s1. The van der Waals surface area contributed by atoms with Crippen LogP contribution in [0.3, 0.4) is 0 Å². The Hall–Kier alpha value is -2.14. The van der Waals surface area contributed by atoms with Crippen molar-refractivity contribution in [2.24, 2.45) is 13.0 Å². The fraction of sp³-hybridized carbons (Fsp3) is 0.500. The average Bonchev–Trinajstić information content (AvgIpc) is 3.02. The third-order valence-electron chi connectivity index (χ3n) is 5.09. The van der Waals surface area contributed by atoms with Crippen LogP contribution in [0.15, 0.2) is 42.7 Å². The molecule has 1 fully saturated rings. The minimum Gasteiger partial charge on any atom is -0.348 e. The van der Waals surface area contributed by atoms with Crippen LogP contribution in [0, 0.1) is 5.92 Å². The Labute approximate surface area is 150 Å². The van der Waals surface area contributed by atoms with Gasteiger partial charge in [-0.05, 0) is 37.4 Å². The van der Waals surface area contributed by atoms with Gasteiger partial charge in [0.1, 0.15) is 5.82 Å². The molecule has 0 bridgehead atoms. The number of carbonyl (C=O) groups excluding carboxylic acids is 1. The van der Waals surface area contributed by atoms with Crippen molar-refractivity contribution >= 4 is 5.91 Å². The number of hydrogen-bond acceptors (Lipinski definition) is 3. The Morgan fingerprint density at radius 3 is 2.64 bits per heavy atom. The number of aryl methyl sites for hydroxylation is 1. The summed E-state index contributed by atoms with van der Waals surface area (Å²) in [6.07, 6.45) is 6.80. The molecule has 1 aliphatic rings. The predicted molar refractivity (Wildman–Crippen MR) is 99.1 cm³/mol. The number of nitrogens with zero attached hydrogens (tertiary/aromatic N) is 3. The zero-order valence-electron chi connectivity index (χ0n) is 15.2. The van der Waals surface area contributed by atoms with Crippen molar-refractivity contribution in [3.05, 3.63) is 54.1 Å². The lowest BCUT2D eigenvalue weighted by Crippen LogP contribution is -2.42. The number of hydrogen-bond donors (Lipinski definition) is 1. The molecule has 5 nitrogen and oxygen atoms in total. The van der Waals surface area contributed by atoms with Gasteiger partial charge in [0.05, 0.1) is 12.6 Å². The average molecular weight is 340 g/mol. The van der Waals surface area contributed by atoms with Gasteiger partial charge in [0, 0.05) is 25.9 Å². The van der Waals surface area contributed by atoms with Crippen molar-refractivity contribution in [2.75, 3.05) is 19.6 Å². The van der Waals surface area contributed by atoms with Crippen LogP contribution in [0.5, 0.6) is 0 Å². The lowest BCUT2D eigenvalue weighted by molar-refractivity contribution is -0.123. The van der Waals surface area contributed by atoms with Gasteiger partial charge in [0.15, 0.2) is 0 Å². The van der Waals surface area contributed by atoms with E-state index in [-0.39, 0.29) is 11.9 Å². The number of carbonyl (C=O) groups is 1. The Kier molecular flexibility index (Phi) is 5.87. The van der Waals surface area contributed by atoms with Gasteiger partial charge in [-0.25, -0.2) is 4.98 Å². The highest BCUT2D eigenvalue weighted by Crippen LogP contribution is 2.18. The molecule has 3 rings (SSSR count). The first-order valence-electron chi connectivity index (χ1n) is 9.14. The van der Waals surface area contributed by atoms with Crippen LogP contribution in [0.1, 0.15) is 37.2 Å². The van der Waals surface area contributed by atoms with Gasteiger partial charge in [-0.15, -0.1) is 0 Å². The second kappa shape index (κ2) is 8.30. The zero-order chi connectivity index (χ0) is 17.6. The predicted octanol–water partition coefficient (Wildman–Crippen LogP) is 2.55. The summed E-state index contributed by atoms with van der Waals surface area (Å²) in [6, 6.07) is 10.1. The monoisotopic (exact) mass is 340 g/mol. The molecule has 0 saturated carbocycles. The van der Waals surface area contributed by atoms with E-state index in [0.29, 0.717) is 13.0 Å². The number of benzene rings is 1. The Balaban J connectivity index is 1.65. The van der Waals surface area contributed by atoms with Crippen molar-refractivity contribution in [2.45, 2.75) is 32.2 Å². The summed E-state index contributed by atoms with van der Waals surface area (Å²) in [4.78, 5) is 19.3. The molecule has 0 aliphatic carbocycles. The van der Waals surface area contributed by atoms with Gasteiger partial charge in [-0.2, -0.15) is 0 Å². The number of piperidine rings is 1. The van der Waals surface area contributed by atoms with Gasteiger partial charge >= 0.3 is 0 Å². The van der Waals surface area contributed by atoms with Gasteiger partial charge in [0.25, 0.3) is 0 Å². The quantitative estimate of drug-likeness (QED) is 0.879. The molecule has 1 N–H and O–H groups in total. The molecule has 134 valence electrons. The van der Waals surface area contributed by atoms with Crippen LogP contribution in [0.4, 0.5) is 0 Å². The second-order valence-corrected chi connectivity index (χ2v) is 7.15. The number of likely N-dealkylation sites (tertiary alicyclic amines) is 1. The third kappa shape index (κ3) is 4.92. The maximum atomic E-state index is 12.6. The van der Waals surface area contributed by atoms with Crippen LogP contribution in [0.25, 0.3) is 0 Å². The highest BCUT2D eigenvalue weighted by Gasteiger charge is 2.21. The molecule has 2 aromatic rings. The lowest BCUT2D eigenvalue weighted by Gasteiger charge is -2.30. The third-order valence-corrected chi connectivity index (χ3v) is 5.09. The number of amides is 1. The topological polar surface area (TPSA) is 50.2 Å². The lowest BCUT2D eigenvalue weighted by atomic mass is 9.99. The number of nitrogens with one attached hydrogen (secondary N) is 1. The second-order valence-electron chi connectivity index (χ2n) is 7.15. The first-order valence-corrected chi connectivity index (χ1v) is 9.14. The number of rotatable bonds is 6. The smallest absolute Gasteiger partial charge is 0.234 e. The first kappa shape index (κ1) is 17.7. The van der Waals surface area contributed by atoms with Crippen molar-refractivity contribution in [1.29, 1.82) is 0 Å². The number of aromatic nitrogens is 2. The fourth-order valence-electron chi connectivity index (χ4n) is 3.38. The molecular weight excluding hydrogens is 312 g/mol. The maximum absolute atomic E-state index is 12.6. The maximum Gasteiger partial charge on any atom is 0.234 e. The largest absolute Gasteiger partial charge is 0.348 e. The molecule has 1 aromatic carbocycles. The van der Waals surface area contributed by atoms with Gasteiger partial charge < -0.3 is 9.88 Å². The number of imidazole rings is 1. The molecule has 0 radical (unpaired) electrons. The van der Waals surface area contributed by atoms with Crippen LogP contribution >= 0.6 is 0 Å². The SMILES string of the molecule is CC1CCN(CC(=O)N[C@@H](Cc2nccn2C)c2ccccc2)CC1. The summed E-state index contributed by atoms with van der Waals surface area (Å²) >= 11 is 0. The van der Waals surface area contributed by atoms with E-state index in [2.05, 4.69) is 34.3 Å². The van der Waals surface area contributed by atoms with Crippen LogP contribution in [-0.4, -0.2) is 40.0 Å².